The van der Waals surface area contributed by atoms with E-state index in [1.165, 1.54) is 41.8 Å². The molecule has 9 nitrogen and oxygen atoms in total. The maximum Gasteiger partial charge on any atom is 0.335 e. The standard InChI is InChI=1S/C22H19ClFN5O4S/c23-17-3-1-2-16(19(17)24)20(30)28-11-14-8-15(28)10-27(14)9-13-6-12(21(31)32)7-18(26-13)29(33)22-25-4-5-34-22/h1-7,14-15,33H,8-11H2,(H,31,32)/t14?,15-/m1/s1. The molecule has 1 unspecified atom stereocenters. The molecular formula is C22H19ClFN5O4S. The summed E-state index contributed by atoms with van der Waals surface area (Å²) in [5.41, 5.74) is 0.419. The van der Waals surface area contributed by atoms with Gasteiger partial charge >= 0.3 is 5.97 Å². The van der Waals surface area contributed by atoms with Crippen LogP contribution in [-0.4, -0.2) is 67.1 Å². The first kappa shape index (κ1) is 22.7. The van der Waals surface area contributed by atoms with Crippen LogP contribution >= 0.6 is 22.9 Å². The first-order valence-electron chi connectivity index (χ1n) is 10.4. The monoisotopic (exact) mass is 503 g/mol. The van der Waals surface area contributed by atoms with Crippen LogP contribution in [0.1, 0.15) is 32.8 Å². The van der Waals surface area contributed by atoms with Crippen LogP contribution in [0.4, 0.5) is 15.3 Å². The van der Waals surface area contributed by atoms with Crippen molar-refractivity contribution in [3.63, 3.8) is 0 Å². The number of pyridine rings is 1. The molecule has 2 atom stereocenters. The molecule has 34 heavy (non-hydrogen) atoms. The molecule has 2 aromatic heterocycles. The number of likely N-dealkylation sites (tertiary alicyclic amines) is 2. The predicted octanol–water partition coefficient (Wildman–Crippen LogP) is 3.66. The molecule has 0 radical (unpaired) electrons. The molecule has 176 valence electrons. The van der Waals surface area contributed by atoms with E-state index in [9.17, 15) is 24.3 Å². The van der Waals surface area contributed by atoms with Gasteiger partial charge in [0.1, 0.15) is 0 Å². The molecule has 2 aliphatic heterocycles. The first-order valence-corrected chi connectivity index (χ1v) is 11.7. The van der Waals surface area contributed by atoms with Crippen molar-refractivity contribution in [2.75, 3.05) is 18.2 Å². The Morgan fingerprint density at radius 3 is 2.76 bits per heavy atom. The zero-order chi connectivity index (χ0) is 24.0. The van der Waals surface area contributed by atoms with E-state index >= 15 is 0 Å². The lowest BCUT2D eigenvalue weighted by molar-refractivity contribution is 0.0608. The van der Waals surface area contributed by atoms with Crippen molar-refractivity contribution in [3.05, 3.63) is 69.6 Å². The molecule has 12 heteroatoms. The number of rotatable bonds is 6. The zero-order valence-corrected chi connectivity index (χ0v) is 19.2. The molecule has 0 saturated carbocycles. The van der Waals surface area contributed by atoms with Crippen molar-refractivity contribution >= 4 is 45.8 Å². The zero-order valence-electron chi connectivity index (χ0n) is 17.6. The fourth-order valence-corrected chi connectivity index (χ4v) is 5.26. The van der Waals surface area contributed by atoms with E-state index in [2.05, 4.69) is 14.9 Å². The Morgan fingerprint density at radius 2 is 2.09 bits per heavy atom. The summed E-state index contributed by atoms with van der Waals surface area (Å²) >= 11 is 7.02. The number of amides is 1. The lowest BCUT2D eigenvalue weighted by Gasteiger charge is -2.34. The van der Waals surface area contributed by atoms with Crippen LogP contribution in [0.25, 0.3) is 0 Å². The van der Waals surface area contributed by atoms with Crippen molar-refractivity contribution in [1.29, 1.82) is 0 Å². The van der Waals surface area contributed by atoms with Crippen molar-refractivity contribution in [2.45, 2.75) is 25.0 Å². The highest BCUT2D eigenvalue weighted by atomic mass is 35.5. The van der Waals surface area contributed by atoms with Crippen LogP contribution in [0.15, 0.2) is 41.9 Å². The lowest BCUT2D eigenvalue weighted by Crippen LogP contribution is -2.48. The summed E-state index contributed by atoms with van der Waals surface area (Å²) in [7, 11) is 0. The smallest absolute Gasteiger partial charge is 0.335 e. The quantitative estimate of drug-likeness (QED) is 0.490. The summed E-state index contributed by atoms with van der Waals surface area (Å²) in [6, 6.07) is 7.07. The second-order valence-electron chi connectivity index (χ2n) is 8.17. The Morgan fingerprint density at radius 1 is 1.26 bits per heavy atom. The molecule has 2 fully saturated rings. The van der Waals surface area contributed by atoms with Crippen LogP contribution < -0.4 is 5.06 Å². The number of anilines is 2. The number of fused-ring (bicyclic) bond motifs is 2. The van der Waals surface area contributed by atoms with E-state index in [1.807, 2.05) is 0 Å². The highest BCUT2D eigenvalue weighted by molar-refractivity contribution is 7.13. The summed E-state index contributed by atoms with van der Waals surface area (Å²) < 4.78 is 14.3. The van der Waals surface area contributed by atoms with Crippen LogP contribution in [0.5, 0.6) is 0 Å². The first-order chi connectivity index (χ1) is 16.3. The van der Waals surface area contributed by atoms with E-state index in [4.69, 9.17) is 11.6 Å². The lowest BCUT2D eigenvalue weighted by atomic mass is 10.1. The Kier molecular flexibility index (Phi) is 5.94. The Bertz CT molecular complexity index is 1260. The maximum absolute atomic E-state index is 14.3. The number of aromatic carboxylic acids is 1. The van der Waals surface area contributed by atoms with Crippen LogP contribution in [0.3, 0.4) is 0 Å². The van der Waals surface area contributed by atoms with E-state index in [1.54, 1.807) is 16.3 Å². The molecule has 3 aromatic rings. The van der Waals surface area contributed by atoms with Gasteiger partial charge in [-0.25, -0.2) is 19.2 Å². The average Bonchev–Trinajstić information content (AvgIpc) is 3.57. The topological polar surface area (TPSA) is 110 Å². The van der Waals surface area contributed by atoms with Gasteiger partial charge in [-0.15, -0.1) is 11.3 Å². The fraction of sp³-hybridized carbons (Fsp3) is 0.273. The molecule has 4 heterocycles. The van der Waals surface area contributed by atoms with E-state index in [0.717, 1.165) is 11.5 Å². The summed E-state index contributed by atoms with van der Waals surface area (Å²) in [5.74, 6) is -2.19. The van der Waals surface area contributed by atoms with Gasteiger partial charge < -0.3 is 10.0 Å². The number of carbonyl (C=O) groups excluding carboxylic acids is 1. The number of hydrogen-bond donors (Lipinski definition) is 2. The number of hydrogen-bond acceptors (Lipinski definition) is 8. The van der Waals surface area contributed by atoms with Gasteiger partial charge in [-0.3, -0.25) is 14.9 Å². The summed E-state index contributed by atoms with van der Waals surface area (Å²) in [4.78, 5) is 36.8. The molecule has 1 amide bonds. The van der Waals surface area contributed by atoms with Crippen molar-refractivity contribution in [2.24, 2.45) is 0 Å². The maximum atomic E-state index is 14.3. The number of benzene rings is 1. The highest BCUT2D eigenvalue weighted by Gasteiger charge is 2.45. The minimum absolute atomic E-state index is 0.00630. The Labute approximate surface area is 202 Å². The number of piperazine rings is 1. The van der Waals surface area contributed by atoms with Crippen LogP contribution in [0, 0.1) is 5.82 Å². The second-order valence-corrected chi connectivity index (χ2v) is 9.45. The van der Waals surface area contributed by atoms with Gasteiger partial charge in [0, 0.05) is 43.3 Å². The van der Waals surface area contributed by atoms with E-state index in [-0.39, 0.29) is 45.1 Å². The summed E-state index contributed by atoms with van der Waals surface area (Å²) in [5, 5.41) is 22.6. The number of aromatic nitrogens is 2. The minimum Gasteiger partial charge on any atom is -0.478 e. The van der Waals surface area contributed by atoms with Gasteiger partial charge in [0.2, 0.25) is 5.13 Å². The van der Waals surface area contributed by atoms with Gasteiger partial charge in [0.15, 0.2) is 11.6 Å². The minimum atomic E-state index is -1.14. The SMILES string of the molecule is O=C(O)c1cc(CN2C[C@H]3CC2CN3C(=O)c2cccc(Cl)c2F)nc(N(O)c2nccs2)c1. The Balaban J connectivity index is 1.32. The van der Waals surface area contributed by atoms with Crippen LogP contribution in [-0.2, 0) is 6.54 Å². The van der Waals surface area contributed by atoms with E-state index in [0.29, 0.717) is 25.3 Å². The third-order valence-corrected chi connectivity index (χ3v) is 7.13. The highest BCUT2D eigenvalue weighted by Crippen LogP contribution is 2.34. The largest absolute Gasteiger partial charge is 0.478 e. The average molecular weight is 504 g/mol. The van der Waals surface area contributed by atoms with Gasteiger partial charge in [0.25, 0.3) is 5.91 Å². The van der Waals surface area contributed by atoms with Crippen molar-refractivity contribution < 1.29 is 24.3 Å². The predicted molar refractivity (Wildman–Crippen MR) is 122 cm³/mol. The molecule has 2 aliphatic rings. The molecule has 2 bridgehead atoms. The molecule has 0 aliphatic carbocycles. The third kappa shape index (κ3) is 4.11. The van der Waals surface area contributed by atoms with Crippen molar-refractivity contribution in [3.8, 4) is 0 Å². The number of carboxylic acid groups (broad SMARTS) is 1. The number of nitrogens with zero attached hydrogens (tertiary/aromatic N) is 5. The summed E-state index contributed by atoms with van der Waals surface area (Å²) in [6.07, 6.45) is 2.25. The van der Waals surface area contributed by atoms with Crippen molar-refractivity contribution in [1.82, 2.24) is 19.8 Å². The molecular weight excluding hydrogens is 485 g/mol. The second kappa shape index (κ2) is 8.91. The number of carbonyl (C=O) groups is 2. The molecule has 1 aromatic carbocycles. The molecule has 2 N–H and O–H groups in total. The number of halogens is 2. The molecule has 0 spiro atoms. The van der Waals surface area contributed by atoms with Gasteiger partial charge in [-0.05, 0) is 30.7 Å². The number of thiazole rings is 1. The fourth-order valence-electron chi connectivity index (χ4n) is 4.53. The van der Waals surface area contributed by atoms with E-state index < -0.39 is 11.8 Å². The van der Waals surface area contributed by atoms with Gasteiger partial charge in [0.05, 0.1) is 21.8 Å². The Hall–Kier alpha value is -3.12. The third-order valence-electron chi connectivity index (χ3n) is 6.09. The number of carboxylic acids is 1. The van der Waals surface area contributed by atoms with Gasteiger partial charge in [-0.2, -0.15) is 5.06 Å². The normalized spacial score (nSPS) is 19.6. The van der Waals surface area contributed by atoms with Gasteiger partial charge in [-0.1, -0.05) is 17.7 Å². The molecule has 5 rings (SSSR count). The summed E-state index contributed by atoms with van der Waals surface area (Å²) in [6.45, 7) is 1.31. The van der Waals surface area contributed by atoms with Crippen LogP contribution in [0.2, 0.25) is 5.02 Å². The molecule has 2 saturated heterocycles.